The fourth-order valence-electron chi connectivity index (χ4n) is 3.55. The third-order valence-electron chi connectivity index (χ3n) is 4.97. The lowest BCUT2D eigenvalue weighted by Gasteiger charge is -2.20. The van der Waals surface area contributed by atoms with Gasteiger partial charge in [-0.15, -0.1) is 5.10 Å². The fraction of sp³-hybridized carbons (Fsp3) is 0.250. The van der Waals surface area contributed by atoms with Gasteiger partial charge < -0.3 is 19.7 Å². The molecule has 0 aliphatic carbocycles. The fourth-order valence-corrected chi connectivity index (χ4v) is 3.55. The minimum absolute atomic E-state index is 0.0735. The first-order chi connectivity index (χ1) is 14.5. The summed E-state index contributed by atoms with van der Waals surface area (Å²) >= 11 is 0. The van der Waals surface area contributed by atoms with Crippen LogP contribution in [0.5, 0.6) is 0 Å². The van der Waals surface area contributed by atoms with Crippen LogP contribution in [0.4, 0.5) is 4.79 Å². The van der Waals surface area contributed by atoms with Crippen molar-refractivity contribution in [3.8, 4) is 11.3 Å². The lowest BCUT2D eigenvalue weighted by atomic mass is 10.1. The molecule has 2 N–H and O–H groups in total. The van der Waals surface area contributed by atoms with E-state index in [1.54, 1.807) is 17.0 Å². The van der Waals surface area contributed by atoms with Gasteiger partial charge in [-0.3, -0.25) is 9.48 Å². The standard InChI is InChI=1S/C20H20N6O4/c1-2-13-4-3-5-14(8-13)17-10-21-19(30-17)18(27)23-15-9-16(26(11-15)20(28)29)12-25-7-6-22-24-25/h2-8,10,15-16H,1,9,11-12H2,(H,23,27)(H,28,29)/t15-,16+/m1/s1. The molecule has 2 aromatic heterocycles. The van der Waals surface area contributed by atoms with E-state index in [1.807, 2.05) is 24.3 Å². The topological polar surface area (TPSA) is 126 Å². The largest absolute Gasteiger partial charge is 0.465 e. The number of hydrogen-bond acceptors (Lipinski definition) is 6. The summed E-state index contributed by atoms with van der Waals surface area (Å²) in [7, 11) is 0. The van der Waals surface area contributed by atoms with Gasteiger partial charge in [0.2, 0.25) is 0 Å². The second kappa shape index (κ2) is 8.19. The van der Waals surface area contributed by atoms with Crippen molar-refractivity contribution in [2.24, 2.45) is 0 Å². The lowest BCUT2D eigenvalue weighted by molar-refractivity contribution is 0.0901. The molecule has 2 atom stereocenters. The van der Waals surface area contributed by atoms with Crippen molar-refractivity contribution >= 4 is 18.1 Å². The van der Waals surface area contributed by atoms with Crippen LogP contribution < -0.4 is 5.32 Å². The molecule has 2 amide bonds. The maximum atomic E-state index is 12.6. The maximum Gasteiger partial charge on any atom is 0.407 e. The maximum absolute atomic E-state index is 12.6. The average molecular weight is 408 g/mol. The number of aromatic nitrogens is 4. The molecule has 1 aliphatic rings. The van der Waals surface area contributed by atoms with Crippen molar-refractivity contribution in [1.29, 1.82) is 0 Å². The molecule has 10 nitrogen and oxygen atoms in total. The van der Waals surface area contributed by atoms with Crippen LogP contribution in [-0.4, -0.2) is 60.6 Å². The minimum Gasteiger partial charge on any atom is -0.465 e. The van der Waals surface area contributed by atoms with E-state index in [0.717, 1.165) is 11.1 Å². The highest BCUT2D eigenvalue weighted by atomic mass is 16.4. The number of rotatable bonds is 6. The van der Waals surface area contributed by atoms with Gasteiger partial charge in [-0.2, -0.15) is 0 Å². The van der Waals surface area contributed by atoms with E-state index < -0.39 is 12.0 Å². The number of amides is 2. The highest BCUT2D eigenvalue weighted by Gasteiger charge is 2.37. The molecule has 3 aromatic rings. The number of hydrogen-bond donors (Lipinski definition) is 2. The highest BCUT2D eigenvalue weighted by molar-refractivity contribution is 5.90. The molecule has 3 heterocycles. The smallest absolute Gasteiger partial charge is 0.407 e. The SMILES string of the molecule is C=Cc1cccc(-c2cnc(C(=O)N[C@@H]3C[C@@H](Cn4ccnn4)N(C(=O)O)C3)o2)c1. The van der Waals surface area contributed by atoms with Gasteiger partial charge >= 0.3 is 12.0 Å². The van der Waals surface area contributed by atoms with Crippen LogP contribution in [0.15, 0.2) is 53.9 Å². The Morgan fingerprint density at radius 1 is 1.40 bits per heavy atom. The summed E-state index contributed by atoms with van der Waals surface area (Å²) in [6.07, 6.45) is 5.82. The Balaban J connectivity index is 1.43. The molecule has 1 aliphatic heterocycles. The van der Waals surface area contributed by atoms with Crippen molar-refractivity contribution in [3.05, 3.63) is 60.9 Å². The van der Waals surface area contributed by atoms with Gasteiger partial charge in [-0.1, -0.05) is 36.1 Å². The lowest BCUT2D eigenvalue weighted by Crippen LogP contribution is -2.39. The number of benzene rings is 1. The van der Waals surface area contributed by atoms with E-state index in [0.29, 0.717) is 18.7 Å². The highest BCUT2D eigenvalue weighted by Crippen LogP contribution is 2.23. The summed E-state index contributed by atoms with van der Waals surface area (Å²) in [4.78, 5) is 29.5. The second-order valence-electron chi connectivity index (χ2n) is 6.98. The molecule has 10 heteroatoms. The molecule has 0 bridgehead atoms. The van der Waals surface area contributed by atoms with Crippen molar-refractivity contribution in [1.82, 2.24) is 30.2 Å². The summed E-state index contributed by atoms with van der Waals surface area (Å²) in [5, 5.41) is 19.9. The molecule has 154 valence electrons. The normalized spacial score (nSPS) is 18.3. The van der Waals surface area contributed by atoms with Crippen LogP contribution in [0.3, 0.4) is 0 Å². The van der Waals surface area contributed by atoms with Gasteiger partial charge in [0.25, 0.3) is 5.89 Å². The molecule has 1 fully saturated rings. The summed E-state index contributed by atoms with van der Waals surface area (Å²) in [6.45, 7) is 4.28. The Labute approximate surface area is 171 Å². The van der Waals surface area contributed by atoms with Gasteiger partial charge in [0.1, 0.15) is 0 Å². The molecule has 4 rings (SSSR count). The van der Waals surface area contributed by atoms with Crippen LogP contribution in [0, 0.1) is 0 Å². The molecule has 1 saturated heterocycles. The molecule has 0 spiro atoms. The molecule has 30 heavy (non-hydrogen) atoms. The number of likely N-dealkylation sites (tertiary alicyclic amines) is 1. The summed E-state index contributed by atoms with van der Waals surface area (Å²) in [6, 6.07) is 6.82. The van der Waals surface area contributed by atoms with Crippen LogP contribution in [-0.2, 0) is 6.54 Å². The van der Waals surface area contributed by atoms with Crippen LogP contribution in [0.1, 0.15) is 22.7 Å². The quantitative estimate of drug-likeness (QED) is 0.640. The Morgan fingerprint density at radius 2 is 2.27 bits per heavy atom. The minimum atomic E-state index is -1.04. The van der Waals surface area contributed by atoms with Gasteiger partial charge in [0.15, 0.2) is 5.76 Å². The molecular weight excluding hydrogens is 388 g/mol. The molecule has 0 unspecified atom stereocenters. The van der Waals surface area contributed by atoms with Gasteiger partial charge in [0.05, 0.1) is 25.0 Å². The molecule has 1 aromatic carbocycles. The van der Waals surface area contributed by atoms with Crippen molar-refractivity contribution in [2.75, 3.05) is 6.54 Å². The first-order valence-electron chi connectivity index (χ1n) is 9.36. The van der Waals surface area contributed by atoms with Crippen molar-refractivity contribution in [2.45, 2.75) is 25.0 Å². The van der Waals surface area contributed by atoms with Crippen molar-refractivity contribution < 1.29 is 19.1 Å². The Bertz CT molecular complexity index is 1060. The van der Waals surface area contributed by atoms with Gasteiger partial charge in [-0.25, -0.2) is 9.78 Å². The van der Waals surface area contributed by atoms with E-state index in [-0.39, 0.29) is 24.5 Å². The Hall–Kier alpha value is -3.95. The Kier molecular flexibility index (Phi) is 5.29. The Morgan fingerprint density at radius 3 is 3.00 bits per heavy atom. The second-order valence-corrected chi connectivity index (χ2v) is 6.98. The average Bonchev–Trinajstić information content (AvgIpc) is 3.49. The first-order valence-corrected chi connectivity index (χ1v) is 9.36. The molecule has 0 saturated carbocycles. The van der Waals surface area contributed by atoms with E-state index in [1.165, 1.54) is 17.3 Å². The third-order valence-corrected chi connectivity index (χ3v) is 4.97. The zero-order valence-electron chi connectivity index (χ0n) is 16.0. The molecular formula is C20H20N6O4. The summed E-state index contributed by atoms with van der Waals surface area (Å²) in [5.41, 5.74) is 1.71. The zero-order valence-corrected chi connectivity index (χ0v) is 16.0. The number of carboxylic acid groups (broad SMARTS) is 1. The first kappa shape index (κ1) is 19.4. The number of carbonyl (C=O) groups excluding carboxylic acids is 1. The van der Waals surface area contributed by atoms with Crippen LogP contribution in [0.2, 0.25) is 0 Å². The van der Waals surface area contributed by atoms with E-state index >= 15 is 0 Å². The number of nitrogens with zero attached hydrogens (tertiary/aromatic N) is 5. The number of nitrogens with one attached hydrogen (secondary N) is 1. The van der Waals surface area contributed by atoms with Crippen LogP contribution in [0.25, 0.3) is 17.4 Å². The summed E-state index contributed by atoms with van der Waals surface area (Å²) in [5.74, 6) is -0.0972. The van der Waals surface area contributed by atoms with Crippen LogP contribution >= 0.6 is 0 Å². The monoisotopic (exact) mass is 408 g/mol. The number of oxazole rings is 1. The predicted molar refractivity (Wildman–Crippen MR) is 106 cm³/mol. The number of carbonyl (C=O) groups is 2. The van der Waals surface area contributed by atoms with Gasteiger partial charge in [-0.05, 0) is 18.1 Å². The predicted octanol–water partition coefficient (Wildman–Crippen LogP) is 2.13. The van der Waals surface area contributed by atoms with E-state index in [9.17, 15) is 14.7 Å². The van der Waals surface area contributed by atoms with Gasteiger partial charge in [0, 0.05) is 24.3 Å². The third kappa shape index (κ3) is 4.07. The molecule has 0 radical (unpaired) electrons. The van der Waals surface area contributed by atoms with E-state index in [4.69, 9.17) is 4.42 Å². The summed E-state index contributed by atoms with van der Waals surface area (Å²) < 4.78 is 7.19. The van der Waals surface area contributed by atoms with E-state index in [2.05, 4.69) is 27.2 Å². The zero-order chi connectivity index (χ0) is 21.1. The van der Waals surface area contributed by atoms with Crippen molar-refractivity contribution in [3.63, 3.8) is 0 Å².